The highest BCUT2D eigenvalue weighted by atomic mass is 15.2. The van der Waals surface area contributed by atoms with E-state index < -0.39 is 0 Å². The van der Waals surface area contributed by atoms with E-state index in [9.17, 15) is 0 Å². The second-order valence-corrected chi connectivity index (χ2v) is 5.99. The van der Waals surface area contributed by atoms with Crippen molar-refractivity contribution in [2.45, 2.75) is 26.3 Å². The number of nitrogens with one attached hydrogen (secondary N) is 1. The molecular weight excluding hydrogens is 246 g/mol. The summed E-state index contributed by atoms with van der Waals surface area (Å²) in [5, 5.41) is 4.88. The van der Waals surface area contributed by atoms with Crippen molar-refractivity contribution in [2.75, 3.05) is 24.5 Å². The summed E-state index contributed by atoms with van der Waals surface area (Å²) in [7, 11) is 0. The molecule has 1 aromatic heterocycles. The lowest BCUT2D eigenvalue weighted by atomic mass is 10.0. The molecule has 2 heterocycles. The SMILES string of the molecule is CC(C)C1CN(c2cnc3ccccc3c2)CCCN1. The molecular formula is C17H23N3. The van der Waals surface area contributed by atoms with Gasteiger partial charge in [-0.3, -0.25) is 4.98 Å². The van der Waals surface area contributed by atoms with E-state index in [1.165, 1.54) is 17.5 Å². The van der Waals surface area contributed by atoms with Crippen LogP contribution in [0.2, 0.25) is 0 Å². The zero-order valence-electron chi connectivity index (χ0n) is 12.3. The maximum Gasteiger partial charge on any atom is 0.0703 e. The van der Waals surface area contributed by atoms with Crippen molar-refractivity contribution in [3.05, 3.63) is 36.5 Å². The van der Waals surface area contributed by atoms with Gasteiger partial charge in [0.25, 0.3) is 0 Å². The molecule has 20 heavy (non-hydrogen) atoms. The molecule has 1 aliphatic heterocycles. The van der Waals surface area contributed by atoms with Crippen molar-refractivity contribution in [2.24, 2.45) is 5.92 Å². The normalized spacial score (nSPS) is 20.4. The van der Waals surface area contributed by atoms with E-state index in [2.05, 4.69) is 53.3 Å². The van der Waals surface area contributed by atoms with Gasteiger partial charge in [-0.05, 0) is 31.0 Å². The number of pyridine rings is 1. The van der Waals surface area contributed by atoms with Crippen molar-refractivity contribution >= 4 is 16.6 Å². The van der Waals surface area contributed by atoms with Crippen LogP contribution in [-0.2, 0) is 0 Å². The number of aromatic nitrogens is 1. The third-order valence-electron chi connectivity index (χ3n) is 4.17. The lowest BCUT2D eigenvalue weighted by Crippen LogP contribution is -2.41. The number of anilines is 1. The molecule has 1 aromatic carbocycles. The molecule has 1 atom stereocenters. The summed E-state index contributed by atoms with van der Waals surface area (Å²) in [6.45, 7) is 7.87. The highest BCUT2D eigenvalue weighted by Crippen LogP contribution is 2.22. The third-order valence-corrected chi connectivity index (χ3v) is 4.17. The second-order valence-electron chi connectivity index (χ2n) is 5.99. The molecule has 1 aliphatic rings. The van der Waals surface area contributed by atoms with E-state index in [0.29, 0.717) is 12.0 Å². The Balaban J connectivity index is 1.88. The second kappa shape index (κ2) is 5.80. The van der Waals surface area contributed by atoms with Crippen molar-refractivity contribution < 1.29 is 0 Å². The minimum Gasteiger partial charge on any atom is -0.369 e. The average molecular weight is 269 g/mol. The van der Waals surface area contributed by atoms with Crippen LogP contribution in [0.3, 0.4) is 0 Å². The zero-order chi connectivity index (χ0) is 13.9. The molecule has 2 aromatic rings. The van der Waals surface area contributed by atoms with E-state index in [-0.39, 0.29) is 0 Å². The van der Waals surface area contributed by atoms with Gasteiger partial charge in [0.15, 0.2) is 0 Å². The van der Waals surface area contributed by atoms with Gasteiger partial charge in [0.2, 0.25) is 0 Å². The largest absolute Gasteiger partial charge is 0.369 e. The van der Waals surface area contributed by atoms with E-state index in [4.69, 9.17) is 0 Å². The first-order chi connectivity index (χ1) is 9.74. The molecule has 0 radical (unpaired) electrons. The quantitative estimate of drug-likeness (QED) is 0.908. The van der Waals surface area contributed by atoms with Gasteiger partial charge >= 0.3 is 0 Å². The molecule has 1 saturated heterocycles. The van der Waals surface area contributed by atoms with Gasteiger partial charge in [0.05, 0.1) is 17.4 Å². The number of hydrogen-bond acceptors (Lipinski definition) is 3. The molecule has 0 saturated carbocycles. The smallest absolute Gasteiger partial charge is 0.0703 e. The average Bonchev–Trinajstić information content (AvgIpc) is 2.73. The summed E-state index contributed by atoms with van der Waals surface area (Å²) in [5.41, 5.74) is 2.32. The van der Waals surface area contributed by atoms with Gasteiger partial charge in [0, 0.05) is 24.5 Å². The van der Waals surface area contributed by atoms with Gasteiger partial charge in [0.1, 0.15) is 0 Å². The van der Waals surface area contributed by atoms with E-state index >= 15 is 0 Å². The van der Waals surface area contributed by atoms with Crippen LogP contribution < -0.4 is 10.2 Å². The van der Waals surface area contributed by atoms with Crippen LogP contribution in [0.5, 0.6) is 0 Å². The summed E-state index contributed by atoms with van der Waals surface area (Å²) >= 11 is 0. The van der Waals surface area contributed by atoms with E-state index in [1.807, 2.05) is 12.3 Å². The molecule has 3 nitrogen and oxygen atoms in total. The zero-order valence-corrected chi connectivity index (χ0v) is 12.3. The summed E-state index contributed by atoms with van der Waals surface area (Å²) < 4.78 is 0. The fraction of sp³-hybridized carbons (Fsp3) is 0.471. The Morgan fingerprint density at radius 1 is 1.30 bits per heavy atom. The van der Waals surface area contributed by atoms with Gasteiger partial charge in [-0.25, -0.2) is 0 Å². The Labute approximate surface area is 121 Å². The lowest BCUT2D eigenvalue weighted by Gasteiger charge is -2.28. The molecule has 0 bridgehead atoms. The monoisotopic (exact) mass is 269 g/mol. The lowest BCUT2D eigenvalue weighted by molar-refractivity contribution is 0.420. The van der Waals surface area contributed by atoms with Crippen LogP contribution in [0, 0.1) is 5.92 Å². The molecule has 0 aliphatic carbocycles. The first-order valence-corrected chi connectivity index (χ1v) is 7.57. The highest BCUT2D eigenvalue weighted by molar-refractivity contribution is 5.81. The molecule has 1 unspecified atom stereocenters. The predicted molar refractivity (Wildman–Crippen MR) is 85.2 cm³/mol. The minimum absolute atomic E-state index is 0.559. The number of hydrogen-bond donors (Lipinski definition) is 1. The Morgan fingerprint density at radius 3 is 3.00 bits per heavy atom. The summed E-state index contributed by atoms with van der Waals surface area (Å²) in [5.74, 6) is 0.656. The number of para-hydroxylation sites is 1. The fourth-order valence-electron chi connectivity index (χ4n) is 2.86. The predicted octanol–water partition coefficient (Wildman–Crippen LogP) is 3.06. The van der Waals surface area contributed by atoms with Crippen molar-refractivity contribution in [1.29, 1.82) is 0 Å². The molecule has 106 valence electrons. The first-order valence-electron chi connectivity index (χ1n) is 7.57. The first kappa shape index (κ1) is 13.4. The van der Waals surface area contributed by atoms with E-state index in [1.54, 1.807) is 0 Å². The van der Waals surface area contributed by atoms with E-state index in [0.717, 1.165) is 25.2 Å². The molecule has 1 N–H and O–H groups in total. The maximum absolute atomic E-state index is 4.59. The van der Waals surface area contributed by atoms with Crippen LogP contribution in [-0.4, -0.2) is 30.7 Å². The molecule has 3 rings (SSSR count). The number of fused-ring (bicyclic) bond motifs is 1. The van der Waals surface area contributed by atoms with Gasteiger partial charge in [-0.2, -0.15) is 0 Å². The van der Waals surface area contributed by atoms with Crippen molar-refractivity contribution in [3.8, 4) is 0 Å². The van der Waals surface area contributed by atoms with Gasteiger partial charge in [-0.1, -0.05) is 32.0 Å². The third kappa shape index (κ3) is 2.78. The van der Waals surface area contributed by atoms with Gasteiger partial charge in [-0.15, -0.1) is 0 Å². The number of benzene rings is 1. The Kier molecular flexibility index (Phi) is 3.88. The summed E-state index contributed by atoms with van der Waals surface area (Å²) in [6, 6.07) is 11.2. The minimum atomic E-state index is 0.559. The van der Waals surface area contributed by atoms with Crippen LogP contribution in [0.15, 0.2) is 36.5 Å². The molecule has 3 heteroatoms. The molecule has 0 amide bonds. The van der Waals surface area contributed by atoms with Gasteiger partial charge < -0.3 is 10.2 Å². The Hall–Kier alpha value is -1.61. The highest BCUT2D eigenvalue weighted by Gasteiger charge is 2.20. The standard InChI is InChI=1S/C17H23N3/c1-13(2)17-12-20(9-5-8-18-17)15-10-14-6-3-4-7-16(14)19-11-15/h3-4,6-7,10-11,13,17-18H,5,8-9,12H2,1-2H3. The molecule has 0 spiro atoms. The Bertz CT molecular complexity index is 579. The fourth-order valence-corrected chi connectivity index (χ4v) is 2.86. The topological polar surface area (TPSA) is 28.2 Å². The maximum atomic E-state index is 4.59. The van der Waals surface area contributed by atoms with Crippen LogP contribution in [0.4, 0.5) is 5.69 Å². The van der Waals surface area contributed by atoms with Crippen LogP contribution in [0.25, 0.3) is 10.9 Å². The van der Waals surface area contributed by atoms with Crippen LogP contribution in [0.1, 0.15) is 20.3 Å². The molecule has 1 fully saturated rings. The van der Waals surface area contributed by atoms with Crippen molar-refractivity contribution in [1.82, 2.24) is 10.3 Å². The Morgan fingerprint density at radius 2 is 2.15 bits per heavy atom. The summed E-state index contributed by atoms with van der Waals surface area (Å²) in [6.07, 6.45) is 3.21. The van der Waals surface area contributed by atoms with Crippen LogP contribution >= 0.6 is 0 Å². The number of nitrogens with zero attached hydrogens (tertiary/aromatic N) is 2. The van der Waals surface area contributed by atoms with Crippen molar-refractivity contribution in [3.63, 3.8) is 0 Å². The summed E-state index contributed by atoms with van der Waals surface area (Å²) in [4.78, 5) is 7.07. The number of rotatable bonds is 2.